The summed E-state index contributed by atoms with van der Waals surface area (Å²) in [6, 6.07) is 7.92. The summed E-state index contributed by atoms with van der Waals surface area (Å²) in [5.74, 6) is 2.33. The van der Waals surface area contributed by atoms with Crippen molar-refractivity contribution in [3.63, 3.8) is 0 Å². The van der Waals surface area contributed by atoms with E-state index in [-0.39, 0.29) is 6.61 Å². The van der Waals surface area contributed by atoms with E-state index >= 15 is 0 Å². The van der Waals surface area contributed by atoms with Crippen LogP contribution in [-0.2, 0) is 4.84 Å². The van der Waals surface area contributed by atoms with E-state index in [2.05, 4.69) is 11.1 Å². The Labute approximate surface area is 78.2 Å². The van der Waals surface area contributed by atoms with Gasteiger partial charge in [0.2, 0.25) is 0 Å². The molecule has 0 aromatic heterocycles. The summed E-state index contributed by atoms with van der Waals surface area (Å²) in [6.07, 6.45) is 6.65. The number of benzene rings is 1. The fourth-order valence-electron chi connectivity index (χ4n) is 0.900. The first-order valence-electron chi connectivity index (χ1n) is 3.99. The van der Waals surface area contributed by atoms with Crippen LogP contribution in [0.5, 0.6) is 0 Å². The van der Waals surface area contributed by atoms with Crippen LogP contribution in [0.1, 0.15) is 11.1 Å². The molecular formula is C11H11NO. The molecule has 0 aliphatic heterocycles. The lowest BCUT2D eigenvalue weighted by atomic mass is 10.1. The van der Waals surface area contributed by atoms with E-state index in [0.717, 1.165) is 11.1 Å². The average Bonchev–Trinajstić information content (AvgIpc) is 2.15. The van der Waals surface area contributed by atoms with Crippen molar-refractivity contribution in [3.8, 4) is 12.3 Å². The largest absolute Gasteiger partial charge is 0.383 e. The number of aryl methyl sites for hydroxylation is 1. The lowest BCUT2D eigenvalue weighted by molar-refractivity contribution is 0.181. The highest BCUT2D eigenvalue weighted by Gasteiger charge is 1.90. The molecule has 0 aliphatic rings. The summed E-state index contributed by atoms with van der Waals surface area (Å²) >= 11 is 0. The fraction of sp³-hybridized carbons (Fsp3) is 0.182. The summed E-state index contributed by atoms with van der Waals surface area (Å²) < 4.78 is 0. The lowest BCUT2D eigenvalue weighted by Crippen LogP contribution is -1.88. The molecule has 0 bridgehead atoms. The zero-order chi connectivity index (χ0) is 9.52. The summed E-state index contributed by atoms with van der Waals surface area (Å²) in [6.45, 7) is 2.23. The van der Waals surface area contributed by atoms with Gasteiger partial charge in [0.15, 0.2) is 6.61 Å². The number of oxime groups is 1. The molecule has 1 rings (SSSR count). The Morgan fingerprint density at radius 3 is 3.00 bits per heavy atom. The van der Waals surface area contributed by atoms with Crippen molar-refractivity contribution in [2.24, 2.45) is 5.16 Å². The van der Waals surface area contributed by atoms with Gasteiger partial charge in [0, 0.05) is 0 Å². The number of hydrogen-bond acceptors (Lipinski definition) is 2. The Morgan fingerprint density at radius 2 is 2.31 bits per heavy atom. The van der Waals surface area contributed by atoms with Gasteiger partial charge in [-0.2, -0.15) is 0 Å². The molecule has 0 N–H and O–H groups in total. The Balaban J connectivity index is 2.59. The van der Waals surface area contributed by atoms with E-state index in [1.54, 1.807) is 6.21 Å². The van der Waals surface area contributed by atoms with Gasteiger partial charge < -0.3 is 4.84 Å². The maximum Gasteiger partial charge on any atom is 0.177 e. The minimum Gasteiger partial charge on any atom is -0.383 e. The van der Waals surface area contributed by atoms with E-state index < -0.39 is 0 Å². The van der Waals surface area contributed by atoms with Crippen LogP contribution in [0.2, 0.25) is 0 Å². The predicted octanol–water partition coefficient (Wildman–Crippen LogP) is 1.98. The van der Waals surface area contributed by atoms with Crippen LogP contribution in [-0.4, -0.2) is 12.8 Å². The number of hydrogen-bond donors (Lipinski definition) is 0. The van der Waals surface area contributed by atoms with Crippen molar-refractivity contribution >= 4 is 6.21 Å². The van der Waals surface area contributed by atoms with E-state index in [9.17, 15) is 0 Å². The van der Waals surface area contributed by atoms with Gasteiger partial charge in [-0.1, -0.05) is 35.3 Å². The van der Waals surface area contributed by atoms with Crippen molar-refractivity contribution in [3.05, 3.63) is 35.4 Å². The van der Waals surface area contributed by atoms with Crippen molar-refractivity contribution in [2.45, 2.75) is 6.92 Å². The molecule has 0 heterocycles. The van der Waals surface area contributed by atoms with E-state index in [0.29, 0.717) is 0 Å². The van der Waals surface area contributed by atoms with Gasteiger partial charge in [-0.15, -0.1) is 6.42 Å². The molecule has 0 unspecified atom stereocenters. The second-order valence-corrected chi connectivity index (χ2v) is 2.57. The molecule has 1 aromatic carbocycles. The maximum absolute atomic E-state index is 4.99. The van der Waals surface area contributed by atoms with Gasteiger partial charge in [-0.3, -0.25) is 0 Å². The van der Waals surface area contributed by atoms with Crippen molar-refractivity contribution in [1.82, 2.24) is 0 Å². The Kier molecular flexibility index (Phi) is 3.59. The Hall–Kier alpha value is -1.75. The first-order chi connectivity index (χ1) is 6.34. The fourth-order valence-corrected chi connectivity index (χ4v) is 0.900. The van der Waals surface area contributed by atoms with Gasteiger partial charge in [-0.25, -0.2) is 0 Å². The van der Waals surface area contributed by atoms with Gasteiger partial charge in [0.05, 0.1) is 6.21 Å². The zero-order valence-electron chi connectivity index (χ0n) is 7.53. The van der Waals surface area contributed by atoms with Crippen LogP contribution in [0.4, 0.5) is 0 Å². The Morgan fingerprint density at radius 1 is 1.54 bits per heavy atom. The van der Waals surface area contributed by atoms with Crippen LogP contribution < -0.4 is 0 Å². The van der Waals surface area contributed by atoms with Gasteiger partial charge in [-0.05, 0) is 18.1 Å². The number of terminal acetylenes is 1. The third-order valence-corrected chi connectivity index (χ3v) is 1.60. The molecule has 1 aromatic rings. The normalized spacial score (nSPS) is 9.85. The molecule has 0 radical (unpaired) electrons. The highest BCUT2D eigenvalue weighted by molar-refractivity contribution is 5.80. The minimum absolute atomic E-state index is 0.211. The first kappa shape index (κ1) is 9.34. The summed E-state index contributed by atoms with van der Waals surface area (Å²) in [5.41, 5.74) is 2.20. The minimum atomic E-state index is 0.211. The molecule has 0 amide bonds. The molecule has 0 atom stereocenters. The van der Waals surface area contributed by atoms with E-state index in [4.69, 9.17) is 11.3 Å². The van der Waals surface area contributed by atoms with E-state index in [1.165, 1.54) is 0 Å². The van der Waals surface area contributed by atoms with Gasteiger partial charge in [0.1, 0.15) is 0 Å². The molecule has 0 spiro atoms. The molecule has 66 valence electrons. The predicted molar refractivity (Wildman–Crippen MR) is 53.6 cm³/mol. The quantitative estimate of drug-likeness (QED) is 0.296. The van der Waals surface area contributed by atoms with Crippen LogP contribution >= 0.6 is 0 Å². The molecule has 0 aliphatic carbocycles. The summed E-state index contributed by atoms with van der Waals surface area (Å²) in [7, 11) is 0. The molecule has 2 nitrogen and oxygen atoms in total. The monoisotopic (exact) mass is 173 g/mol. The third-order valence-electron chi connectivity index (χ3n) is 1.60. The standard InChI is InChI=1S/C11H11NO/c1-3-8-13-12-9-11-7-5-4-6-10(11)2/h1,4-7,9H,8H2,2H3. The van der Waals surface area contributed by atoms with Crippen molar-refractivity contribution in [1.29, 1.82) is 0 Å². The van der Waals surface area contributed by atoms with Crippen molar-refractivity contribution in [2.75, 3.05) is 6.61 Å². The molecule has 2 heteroatoms. The SMILES string of the molecule is C#CCON=Cc1ccccc1C. The first-order valence-corrected chi connectivity index (χ1v) is 3.99. The number of rotatable bonds is 3. The highest BCUT2D eigenvalue weighted by atomic mass is 16.6. The van der Waals surface area contributed by atoms with Gasteiger partial charge >= 0.3 is 0 Å². The second-order valence-electron chi connectivity index (χ2n) is 2.57. The van der Waals surface area contributed by atoms with Crippen LogP contribution in [0, 0.1) is 19.3 Å². The number of nitrogens with zero attached hydrogens (tertiary/aromatic N) is 1. The summed E-state index contributed by atoms with van der Waals surface area (Å²) in [5, 5.41) is 3.72. The van der Waals surface area contributed by atoms with Crippen LogP contribution in [0.25, 0.3) is 0 Å². The zero-order valence-corrected chi connectivity index (χ0v) is 7.53. The van der Waals surface area contributed by atoms with Crippen molar-refractivity contribution < 1.29 is 4.84 Å². The second kappa shape index (κ2) is 5.00. The van der Waals surface area contributed by atoms with Crippen LogP contribution in [0.15, 0.2) is 29.4 Å². The third kappa shape index (κ3) is 3.00. The molecule has 0 saturated carbocycles. The average molecular weight is 173 g/mol. The lowest BCUT2D eigenvalue weighted by Gasteiger charge is -1.96. The molecule has 0 saturated heterocycles. The topological polar surface area (TPSA) is 21.6 Å². The van der Waals surface area contributed by atoms with Crippen LogP contribution in [0.3, 0.4) is 0 Å². The van der Waals surface area contributed by atoms with Gasteiger partial charge in [0.25, 0.3) is 0 Å². The molecule has 13 heavy (non-hydrogen) atoms. The summed E-state index contributed by atoms with van der Waals surface area (Å²) in [4.78, 5) is 4.78. The maximum atomic E-state index is 4.99. The molecular weight excluding hydrogens is 162 g/mol. The molecule has 0 fully saturated rings. The van der Waals surface area contributed by atoms with E-state index in [1.807, 2.05) is 31.2 Å². The smallest absolute Gasteiger partial charge is 0.177 e. The Bertz CT molecular complexity index is 336. The highest BCUT2D eigenvalue weighted by Crippen LogP contribution is 2.03.